The molecule has 0 radical (unpaired) electrons. The number of rotatable bonds is 1. The fourth-order valence-corrected chi connectivity index (χ4v) is 1.47. The smallest absolute Gasteiger partial charge is 0.410 e. The molecular formula is C9H17NO2. The molecule has 0 spiro atoms. The first kappa shape index (κ1) is 9.36. The molecule has 1 rings (SSSR count). The fourth-order valence-electron chi connectivity index (χ4n) is 1.47. The van der Waals surface area contributed by atoms with Crippen molar-refractivity contribution in [2.24, 2.45) is 0 Å². The SMILES string of the molecule is CC(C)OC(=O)N1CCCC1C. The largest absolute Gasteiger partial charge is 0.447 e. The van der Waals surface area contributed by atoms with Gasteiger partial charge in [0.1, 0.15) is 0 Å². The van der Waals surface area contributed by atoms with E-state index in [1.54, 1.807) is 4.90 Å². The number of ether oxygens (including phenoxy) is 1. The van der Waals surface area contributed by atoms with Crippen molar-refractivity contribution in [3.8, 4) is 0 Å². The standard InChI is InChI=1S/C9H17NO2/c1-7(2)12-9(11)10-6-4-5-8(10)3/h7-8H,4-6H2,1-3H3. The summed E-state index contributed by atoms with van der Waals surface area (Å²) in [5, 5.41) is 0. The van der Waals surface area contributed by atoms with Gasteiger partial charge < -0.3 is 9.64 Å². The van der Waals surface area contributed by atoms with Crippen molar-refractivity contribution in [2.75, 3.05) is 6.54 Å². The molecule has 70 valence electrons. The van der Waals surface area contributed by atoms with E-state index < -0.39 is 0 Å². The van der Waals surface area contributed by atoms with Crippen LogP contribution in [-0.2, 0) is 4.74 Å². The van der Waals surface area contributed by atoms with Crippen molar-refractivity contribution in [3.05, 3.63) is 0 Å². The van der Waals surface area contributed by atoms with Crippen LogP contribution in [0.15, 0.2) is 0 Å². The molecule has 0 aromatic heterocycles. The first-order valence-corrected chi connectivity index (χ1v) is 4.58. The Morgan fingerprint density at radius 1 is 1.58 bits per heavy atom. The molecule has 12 heavy (non-hydrogen) atoms. The molecule has 1 heterocycles. The van der Waals surface area contributed by atoms with E-state index >= 15 is 0 Å². The first-order chi connectivity index (χ1) is 5.61. The maximum Gasteiger partial charge on any atom is 0.410 e. The normalized spacial score (nSPS) is 23.3. The van der Waals surface area contributed by atoms with Gasteiger partial charge in [0.2, 0.25) is 0 Å². The van der Waals surface area contributed by atoms with Crippen LogP contribution < -0.4 is 0 Å². The molecule has 1 atom stereocenters. The molecule has 1 aliphatic heterocycles. The van der Waals surface area contributed by atoms with Crippen molar-refractivity contribution < 1.29 is 9.53 Å². The minimum Gasteiger partial charge on any atom is -0.447 e. The Morgan fingerprint density at radius 3 is 2.67 bits per heavy atom. The zero-order chi connectivity index (χ0) is 9.14. The average Bonchev–Trinajstić information content (AvgIpc) is 2.33. The number of likely N-dealkylation sites (tertiary alicyclic amines) is 1. The Balaban J connectivity index is 2.41. The van der Waals surface area contributed by atoms with E-state index in [1.165, 1.54) is 0 Å². The minimum atomic E-state index is -0.157. The Bertz CT molecular complexity index is 168. The van der Waals surface area contributed by atoms with Gasteiger partial charge in [-0.3, -0.25) is 0 Å². The molecule has 3 nitrogen and oxygen atoms in total. The number of amides is 1. The summed E-state index contributed by atoms with van der Waals surface area (Å²) in [5.74, 6) is 0. The van der Waals surface area contributed by atoms with Gasteiger partial charge in [0.05, 0.1) is 6.10 Å². The van der Waals surface area contributed by atoms with Crippen molar-refractivity contribution in [1.29, 1.82) is 0 Å². The lowest BCUT2D eigenvalue weighted by atomic mass is 10.2. The van der Waals surface area contributed by atoms with E-state index in [0.717, 1.165) is 19.4 Å². The van der Waals surface area contributed by atoms with Crippen molar-refractivity contribution in [1.82, 2.24) is 4.90 Å². The first-order valence-electron chi connectivity index (χ1n) is 4.58. The van der Waals surface area contributed by atoms with Crippen LogP contribution in [0.3, 0.4) is 0 Å². The lowest BCUT2D eigenvalue weighted by molar-refractivity contribution is 0.0752. The van der Waals surface area contributed by atoms with E-state index in [0.29, 0.717) is 6.04 Å². The highest BCUT2D eigenvalue weighted by atomic mass is 16.6. The molecule has 1 unspecified atom stereocenters. The highest BCUT2D eigenvalue weighted by Gasteiger charge is 2.26. The summed E-state index contributed by atoms with van der Waals surface area (Å²) >= 11 is 0. The second-order valence-electron chi connectivity index (χ2n) is 3.62. The minimum absolute atomic E-state index is 0.00898. The molecule has 3 heteroatoms. The van der Waals surface area contributed by atoms with E-state index in [-0.39, 0.29) is 12.2 Å². The summed E-state index contributed by atoms with van der Waals surface area (Å²) in [4.78, 5) is 13.2. The van der Waals surface area contributed by atoms with Crippen molar-refractivity contribution >= 4 is 6.09 Å². The van der Waals surface area contributed by atoms with Crippen LogP contribution in [-0.4, -0.2) is 29.7 Å². The van der Waals surface area contributed by atoms with Crippen molar-refractivity contribution in [2.45, 2.75) is 45.8 Å². The number of hydrogen-bond acceptors (Lipinski definition) is 2. The third-order valence-corrected chi connectivity index (χ3v) is 2.12. The van der Waals surface area contributed by atoms with Crippen LogP contribution in [0.1, 0.15) is 33.6 Å². The highest BCUT2D eigenvalue weighted by molar-refractivity contribution is 5.68. The summed E-state index contributed by atoms with van der Waals surface area (Å²) in [7, 11) is 0. The van der Waals surface area contributed by atoms with Gasteiger partial charge in [-0.15, -0.1) is 0 Å². The monoisotopic (exact) mass is 171 g/mol. The van der Waals surface area contributed by atoms with Crippen LogP contribution in [0, 0.1) is 0 Å². The molecule has 0 saturated carbocycles. The van der Waals surface area contributed by atoms with Gasteiger partial charge in [0.15, 0.2) is 0 Å². The Morgan fingerprint density at radius 2 is 2.25 bits per heavy atom. The molecule has 0 N–H and O–H groups in total. The second-order valence-corrected chi connectivity index (χ2v) is 3.62. The van der Waals surface area contributed by atoms with Crippen molar-refractivity contribution in [3.63, 3.8) is 0 Å². The number of nitrogens with zero attached hydrogens (tertiary/aromatic N) is 1. The lowest BCUT2D eigenvalue weighted by Crippen LogP contribution is -2.35. The highest BCUT2D eigenvalue weighted by Crippen LogP contribution is 2.17. The Labute approximate surface area is 73.7 Å². The van der Waals surface area contributed by atoms with E-state index in [9.17, 15) is 4.79 Å². The number of carbonyl (C=O) groups is 1. The zero-order valence-electron chi connectivity index (χ0n) is 8.04. The van der Waals surface area contributed by atoms with Gasteiger partial charge in [-0.25, -0.2) is 4.79 Å². The van der Waals surface area contributed by atoms with Crippen LogP contribution in [0.5, 0.6) is 0 Å². The molecule has 0 bridgehead atoms. The van der Waals surface area contributed by atoms with Gasteiger partial charge in [-0.1, -0.05) is 0 Å². The Hall–Kier alpha value is -0.730. The number of hydrogen-bond donors (Lipinski definition) is 0. The van der Waals surface area contributed by atoms with Crippen LogP contribution >= 0.6 is 0 Å². The molecule has 0 aromatic carbocycles. The summed E-state index contributed by atoms with van der Waals surface area (Å²) in [6, 6.07) is 0.358. The van der Waals surface area contributed by atoms with E-state index in [2.05, 4.69) is 6.92 Å². The summed E-state index contributed by atoms with van der Waals surface area (Å²) in [6.07, 6.45) is 2.04. The fraction of sp³-hybridized carbons (Fsp3) is 0.889. The topological polar surface area (TPSA) is 29.5 Å². The van der Waals surface area contributed by atoms with E-state index in [1.807, 2.05) is 13.8 Å². The third-order valence-electron chi connectivity index (χ3n) is 2.12. The van der Waals surface area contributed by atoms with Gasteiger partial charge in [-0.2, -0.15) is 0 Å². The molecule has 1 saturated heterocycles. The van der Waals surface area contributed by atoms with Gasteiger partial charge in [0, 0.05) is 12.6 Å². The zero-order valence-corrected chi connectivity index (χ0v) is 8.04. The van der Waals surface area contributed by atoms with Crippen LogP contribution in [0.2, 0.25) is 0 Å². The predicted molar refractivity (Wildman–Crippen MR) is 47.0 cm³/mol. The van der Waals surface area contributed by atoms with Gasteiger partial charge in [-0.05, 0) is 33.6 Å². The quantitative estimate of drug-likeness (QED) is 0.604. The predicted octanol–water partition coefficient (Wildman–Crippen LogP) is 2.02. The van der Waals surface area contributed by atoms with Crippen LogP contribution in [0.25, 0.3) is 0 Å². The maximum absolute atomic E-state index is 11.4. The van der Waals surface area contributed by atoms with Gasteiger partial charge >= 0.3 is 6.09 Å². The molecule has 0 aliphatic carbocycles. The maximum atomic E-state index is 11.4. The number of carbonyl (C=O) groups excluding carboxylic acids is 1. The summed E-state index contributed by atoms with van der Waals surface area (Å²) in [5.41, 5.74) is 0. The second kappa shape index (κ2) is 3.78. The molecule has 1 fully saturated rings. The third kappa shape index (κ3) is 2.13. The Kier molecular flexibility index (Phi) is 2.95. The van der Waals surface area contributed by atoms with Crippen LogP contribution in [0.4, 0.5) is 4.79 Å². The molecule has 1 amide bonds. The van der Waals surface area contributed by atoms with E-state index in [4.69, 9.17) is 4.74 Å². The molecule has 0 aromatic rings. The lowest BCUT2D eigenvalue weighted by Gasteiger charge is -2.21. The summed E-state index contributed by atoms with van der Waals surface area (Å²) < 4.78 is 5.09. The molecular weight excluding hydrogens is 154 g/mol. The molecule has 1 aliphatic rings. The summed E-state index contributed by atoms with van der Waals surface area (Å²) in [6.45, 7) is 6.67. The van der Waals surface area contributed by atoms with Gasteiger partial charge in [0.25, 0.3) is 0 Å². The average molecular weight is 171 g/mol.